The molecule has 4 saturated carbocycles. The Morgan fingerprint density at radius 1 is 0.931 bits per heavy atom. The van der Waals surface area contributed by atoms with E-state index < -0.39 is 24.3 Å². The van der Waals surface area contributed by atoms with E-state index in [1.165, 1.54) is 0 Å². The zero-order valence-electron chi connectivity index (χ0n) is 18.3. The molecule has 4 aliphatic carbocycles. The van der Waals surface area contributed by atoms with Gasteiger partial charge < -0.3 is 20.4 Å². The van der Waals surface area contributed by atoms with Gasteiger partial charge in [-0.2, -0.15) is 0 Å². The third-order valence-corrected chi connectivity index (χ3v) is 10.3. The Hall–Kier alpha value is -0.650. The first-order chi connectivity index (χ1) is 13.6. The molecule has 0 bridgehead atoms. The van der Waals surface area contributed by atoms with Gasteiger partial charge in [0.2, 0.25) is 0 Å². The van der Waals surface area contributed by atoms with Crippen LogP contribution in [0.4, 0.5) is 0 Å². The molecule has 0 unspecified atom stereocenters. The normalized spacial score (nSPS) is 52.9. The number of aliphatic hydroxyl groups excluding tert-OH is 3. The smallest absolute Gasteiger partial charge is 0.303 e. The summed E-state index contributed by atoms with van der Waals surface area (Å²) in [5.74, 6) is 1.37. The van der Waals surface area contributed by atoms with Crippen LogP contribution in [0.2, 0.25) is 0 Å². The van der Waals surface area contributed by atoms with E-state index in [0.717, 1.165) is 38.5 Å². The van der Waals surface area contributed by atoms with Crippen LogP contribution in [0.15, 0.2) is 0 Å². The van der Waals surface area contributed by atoms with Crippen molar-refractivity contribution in [3.05, 3.63) is 0 Å². The zero-order chi connectivity index (χ0) is 21.1. The number of fused-ring (bicyclic) bond motifs is 5. The number of rotatable bonds is 4. The van der Waals surface area contributed by atoms with Crippen LogP contribution >= 0.6 is 0 Å². The lowest BCUT2D eigenvalue weighted by Gasteiger charge is -2.63. The van der Waals surface area contributed by atoms with Crippen LogP contribution in [0.5, 0.6) is 0 Å². The molecule has 0 aromatic rings. The summed E-state index contributed by atoms with van der Waals surface area (Å²) >= 11 is 0. The minimum Gasteiger partial charge on any atom is -0.481 e. The van der Waals surface area contributed by atoms with Gasteiger partial charge in [-0.3, -0.25) is 4.79 Å². The third kappa shape index (κ3) is 3.27. The van der Waals surface area contributed by atoms with Gasteiger partial charge >= 0.3 is 5.97 Å². The first-order valence-corrected chi connectivity index (χ1v) is 11.9. The van der Waals surface area contributed by atoms with Crippen molar-refractivity contribution in [1.29, 1.82) is 0 Å². The van der Waals surface area contributed by atoms with Crippen molar-refractivity contribution in [2.45, 2.75) is 96.9 Å². The van der Waals surface area contributed by atoms with Crippen LogP contribution in [-0.4, -0.2) is 44.7 Å². The molecule has 0 aromatic heterocycles. The van der Waals surface area contributed by atoms with Crippen molar-refractivity contribution in [2.24, 2.45) is 46.3 Å². The average molecular weight is 409 g/mol. The van der Waals surface area contributed by atoms with Gasteiger partial charge in [-0.15, -0.1) is 0 Å². The summed E-state index contributed by atoms with van der Waals surface area (Å²) in [6.07, 6.45) is 5.87. The lowest BCUT2D eigenvalue weighted by molar-refractivity contribution is -0.206. The van der Waals surface area contributed by atoms with Crippen molar-refractivity contribution < 1.29 is 25.2 Å². The number of carbonyl (C=O) groups is 1. The Morgan fingerprint density at radius 2 is 1.59 bits per heavy atom. The van der Waals surface area contributed by atoms with Gasteiger partial charge in [0.05, 0.1) is 18.3 Å². The maximum absolute atomic E-state index is 11.3. The largest absolute Gasteiger partial charge is 0.481 e. The van der Waals surface area contributed by atoms with E-state index >= 15 is 0 Å². The molecular weight excluding hydrogens is 368 g/mol. The van der Waals surface area contributed by atoms with Gasteiger partial charge in [-0.25, -0.2) is 0 Å². The minimum absolute atomic E-state index is 0.00309. The highest BCUT2D eigenvalue weighted by atomic mass is 16.4. The van der Waals surface area contributed by atoms with Crippen molar-refractivity contribution >= 4 is 5.97 Å². The summed E-state index contributed by atoms with van der Waals surface area (Å²) in [6, 6.07) is 0. The molecule has 11 atom stereocenters. The molecule has 0 saturated heterocycles. The van der Waals surface area contributed by atoms with Gasteiger partial charge in [-0.05, 0) is 97.7 Å². The molecular formula is C24H40O5. The molecule has 4 rings (SSSR count). The molecule has 29 heavy (non-hydrogen) atoms. The fourth-order valence-corrected chi connectivity index (χ4v) is 8.79. The zero-order valence-corrected chi connectivity index (χ0v) is 18.3. The maximum atomic E-state index is 11.3. The minimum atomic E-state index is -0.718. The lowest BCUT2D eigenvalue weighted by atomic mass is 9.43. The number of aliphatic hydroxyl groups is 3. The highest BCUT2D eigenvalue weighted by Gasteiger charge is 2.64. The van der Waals surface area contributed by atoms with E-state index in [-0.39, 0.29) is 29.1 Å². The second-order valence-corrected chi connectivity index (χ2v) is 11.4. The summed E-state index contributed by atoms with van der Waals surface area (Å²) < 4.78 is 0. The average Bonchev–Trinajstić information content (AvgIpc) is 3.02. The molecule has 4 N–H and O–H groups in total. The van der Waals surface area contributed by atoms with Crippen LogP contribution in [0.25, 0.3) is 0 Å². The number of aliphatic carboxylic acids is 1. The van der Waals surface area contributed by atoms with Crippen LogP contribution in [0.1, 0.15) is 78.6 Å². The molecule has 0 amide bonds. The Bertz CT molecular complexity index is 637. The number of hydrogen-bond donors (Lipinski definition) is 4. The van der Waals surface area contributed by atoms with Gasteiger partial charge in [0, 0.05) is 6.42 Å². The summed E-state index contributed by atoms with van der Waals surface area (Å²) in [7, 11) is 0. The van der Waals surface area contributed by atoms with Gasteiger partial charge in [0.15, 0.2) is 0 Å². The summed E-state index contributed by atoms with van der Waals surface area (Å²) in [6.45, 7) is 6.94. The molecule has 5 nitrogen and oxygen atoms in total. The number of carboxylic acids is 1. The van der Waals surface area contributed by atoms with Gasteiger partial charge in [0.25, 0.3) is 0 Å². The number of carboxylic acid groups (broad SMARTS) is 1. The number of hydrogen-bond acceptors (Lipinski definition) is 4. The summed E-state index contributed by atoms with van der Waals surface area (Å²) in [5, 5.41) is 41.3. The van der Waals surface area contributed by atoms with Crippen molar-refractivity contribution in [3.63, 3.8) is 0 Å². The monoisotopic (exact) mass is 408 g/mol. The first-order valence-electron chi connectivity index (χ1n) is 11.9. The second-order valence-electron chi connectivity index (χ2n) is 11.4. The molecule has 0 radical (unpaired) electrons. The molecule has 0 spiro atoms. The first kappa shape index (κ1) is 21.6. The Morgan fingerprint density at radius 3 is 2.28 bits per heavy atom. The molecule has 166 valence electrons. The van der Waals surface area contributed by atoms with Crippen molar-refractivity contribution in [2.75, 3.05) is 0 Å². The van der Waals surface area contributed by atoms with E-state index in [1.54, 1.807) is 0 Å². The van der Waals surface area contributed by atoms with E-state index in [9.17, 15) is 20.1 Å². The predicted molar refractivity (Wildman–Crippen MR) is 110 cm³/mol. The molecule has 4 fully saturated rings. The van der Waals surface area contributed by atoms with E-state index in [0.29, 0.717) is 36.5 Å². The molecule has 0 heterocycles. The van der Waals surface area contributed by atoms with E-state index in [4.69, 9.17) is 5.11 Å². The molecule has 4 aliphatic rings. The van der Waals surface area contributed by atoms with Gasteiger partial charge in [0.1, 0.15) is 0 Å². The van der Waals surface area contributed by atoms with Crippen LogP contribution in [0, 0.1) is 46.3 Å². The third-order valence-electron chi connectivity index (χ3n) is 10.3. The fraction of sp³-hybridized carbons (Fsp3) is 0.958. The lowest BCUT2D eigenvalue weighted by Crippen LogP contribution is -2.62. The van der Waals surface area contributed by atoms with Crippen LogP contribution in [0.3, 0.4) is 0 Å². The van der Waals surface area contributed by atoms with Crippen molar-refractivity contribution in [1.82, 2.24) is 0 Å². The second kappa shape index (κ2) is 7.49. The molecule has 5 heteroatoms. The quantitative estimate of drug-likeness (QED) is 0.571. The SMILES string of the molecule is C[C@H](CCC(=O)O)[C@H]1CC[C@H]2[C@@H]3[C@H](O)C[C@@H]4[C@@H](O)[C@@H](O)CC[C@]4(C)[C@H]3CC[C@]12C. The van der Waals surface area contributed by atoms with E-state index in [1.807, 2.05) is 0 Å². The molecule has 0 aromatic carbocycles. The van der Waals surface area contributed by atoms with E-state index in [2.05, 4.69) is 20.8 Å². The highest BCUT2D eigenvalue weighted by Crippen LogP contribution is 2.68. The summed E-state index contributed by atoms with van der Waals surface area (Å²) in [4.78, 5) is 11.1. The Labute approximate surface area is 174 Å². The highest BCUT2D eigenvalue weighted by molar-refractivity contribution is 5.66. The maximum Gasteiger partial charge on any atom is 0.303 e. The molecule has 0 aliphatic heterocycles. The topological polar surface area (TPSA) is 98.0 Å². The standard InChI is InChI=1S/C24H40O5/c1-13(4-7-20(27)28)14-5-6-15-21-16(8-10-23(14,15)2)24(3)11-9-18(25)22(29)17(24)12-19(21)26/h13-19,21-22,25-26,29H,4-12H2,1-3H3,(H,27,28)/t13-,14-,15+,16+,17-,18+,19-,21+,22-,23-,24-/m1/s1. The summed E-state index contributed by atoms with van der Waals surface area (Å²) in [5.41, 5.74) is 0.174. The Balaban J connectivity index is 1.57. The van der Waals surface area contributed by atoms with Crippen molar-refractivity contribution in [3.8, 4) is 0 Å². The van der Waals surface area contributed by atoms with Crippen LogP contribution in [-0.2, 0) is 4.79 Å². The van der Waals surface area contributed by atoms with Crippen LogP contribution < -0.4 is 0 Å². The Kier molecular flexibility index (Phi) is 5.57. The fourth-order valence-electron chi connectivity index (χ4n) is 8.79. The predicted octanol–water partition coefficient (Wildman–Crippen LogP) is 3.45. The van der Waals surface area contributed by atoms with Gasteiger partial charge in [-0.1, -0.05) is 20.8 Å².